The van der Waals surface area contributed by atoms with E-state index >= 15 is 0 Å². The highest BCUT2D eigenvalue weighted by molar-refractivity contribution is 7.08. The van der Waals surface area contributed by atoms with E-state index in [0.29, 0.717) is 24.3 Å². The van der Waals surface area contributed by atoms with Crippen molar-refractivity contribution in [3.05, 3.63) is 58.5 Å². The van der Waals surface area contributed by atoms with Gasteiger partial charge in [-0.2, -0.15) is 16.4 Å². The number of rotatable bonds is 6. The zero-order valence-electron chi connectivity index (χ0n) is 17.4. The second kappa shape index (κ2) is 9.01. The Balaban J connectivity index is 1.09. The Hall–Kier alpha value is -3.37. The van der Waals surface area contributed by atoms with Gasteiger partial charge < -0.3 is 19.7 Å². The fraction of sp³-hybridized carbons (Fsp3) is 0.318. The molecule has 32 heavy (non-hydrogen) atoms. The normalized spacial score (nSPS) is 15.7. The third-order valence-electron chi connectivity index (χ3n) is 5.54. The maximum absolute atomic E-state index is 12.7. The Morgan fingerprint density at radius 1 is 1.09 bits per heavy atom. The van der Waals surface area contributed by atoms with Gasteiger partial charge in [0.2, 0.25) is 12.7 Å². The molecule has 1 aromatic carbocycles. The zero-order valence-corrected chi connectivity index (χ0v) is 18.2. The molecule has 2 amide bonds. The van der Waals surface area contributed by atoms with Crippen LogP contribution in [0.5, 0.6) is 11.5 Å². The summed E-state index contributed by atoms with van der Waals surface area (Å²) in [6.45, 7) is 4.20. The number of benzene rings is 1. The van der Waals surface area contributed by atoms with E-state index in [-0.39, 0.29) is 25.2 Å². The van der Waals surface area contributed by atoms with Gasteiger partial charge in [0, 0.05) is 44.3 Å². The predicted molar refractivity (Wildman–Crippen MR) is 119 cm³/mol. The van der Waals surface area contributed by atoms with Crippen LogP contribution in [0.2, 0.25) is 0 Å². The minimum Gasteiger partial charge on any atom is -0.454 e. The Labute approximate surface area is 189 Å². The lowest BCUT2D eigenvalue weighted by Gasteiger charge is -2.34. The lowest BCUT2D eigenvalue weighted by molar-refractivity contribution is -0.133. The van der Waals surface area contributed by atoms with Crippen molar-refractivity contribution < 1.29 is 19.1 Å². The Bertz CT molecular complexity index is 1110. The molecule has 1 saturated heterocycles. The number of carbonyl (C=O) groups is 2. The van der Waals surface area contributed by atoms with Crippen molar-refractivity contribution in [2.45, 2.75) is 13.1 Å². The van der Waals surface area contributed by atoms with Crippen LogP contribution >= 0.6 is 11.3 Å². The first kappa shape index (κ1) is 20.5. The fourth-order valence-electron chi connectivity index (χ4n) is 3.80. The van der Waals surface area contributed by atoms with Gasteiger partial charge in [-0.25, -0.2) is 0 Å². The second-order valence-electron chi connectivity index (χ2n) is 7.74. The topological polar surface area (TPSA) is 88.9 Å². The van der Waals surface area contributed by atoms with E-state index < -0.39 is 0 Å². The number of ether oxygens (including phenoxy) is 2. The van der Waals surface area contributed by atoms with Crippen molar-refractivity contribution in [1.82, 2.24) is 19.6 Å². The van der Waals surface area contributed by atoms with Crippen LogP contribution in [0.25, 0.3) is 0 Å². The van der Waals surface area contributed by atoms with Crippen molar-refractivity contribution in [2.75, 3.05) is 38.3 Å². The van der Waals surface area contributed by atoms with Crippen molar-refractivity contribution in [2.24, 2.45) is 0 Å². The molecule has 0 saturated carbocycles. The number of fused-ring (bicyclic) bond motifs is 1. The summed E-state index contributed by atoms with van der Waals surface area (Å²) in [5.41, 5.74) is 2.35. The molecule has 10 heteroatoms. The molecule has 0 unspecified atom stereocenters. The number of hydrogen-bond acceptors (Lipinski definition) is 7. The van der Waals surface area contributed by atoms with Gasteiger partial charge in [-0.1, -0.05) is 6.07 Å². The molecule has 0 bridgehead atoms. The molecule has 1 fully saturated rings. The van der Waals surface area contributed by atoms with Gasteiger partial charge in [-0.05, 0) is 29.1 Å². The van der Waals surface area contributed by atoms with Crippen molar-refractivity contribution in [3.8, 4) is 11.5 Å². The molecule has 0 aliphatic carbocycles. The van der Waals surface area contributed by atoms with Gasteiger partial charge in [-0.15, -0.1) is 0 Å². The Morgan fingerprint density at radius 2 is 1.94 bits per heavy atom. The van der Waals surface area contributed by atoms with Crippen LogP contribution in [0, 0.1) is 0 Å². The van der Waals surface area contributed by atoms with Crippen molar-refractivity contribution in [1.29, 1.82) is 0 Å². The van der Waals surface area contributed by atoms with Gasteiger partial charge in [-0.3, -0.25) is 19.2 Å². The quantitative estimate of drug-likeness (QED) is 0.616. The number of amides is 2. The number of nitrogens with zero attached hydrogens (tertiary/aromatic N) is 4. The van der Waals surface area contributed by atoms with Gasteiger partial charge in [0.1, 0.15) is 6.54 Å². The smallest absolute Gasteiger partial charge is 0.256 e. The summed E-state index contributed by atoms with van der Waals surface area (Å²) < 4.78 is 12.4. The molecule has 5 rings (SSSR count). The van der Waals surface area contributed by atoms with Crippen LogP contribution in [-0.2, 0) is 17.9 Å². The standard InChI is InChI=1S/C22H23N5O4S/c28-21(13-27-12-18(10-23-27)24-22(29)17-3-8-32-14-17)26-6-4-25(5-7-26)11-16-1-2-19-20(9-16)31-15-30-19/h1-3,8-10,12,14H,4-7,11,13,15H2,(H,24,29). The Kier molecular flexibility index (Phi) is 5.78. The minimum atomic E-state index is -0.185. The summed E-state index contributed by atoms with van der Waals surface area (Å²) in [6, 6.07) is 7.78. The molecule has 9 nitrogen and oxygen atoms in total. The number of thiophene rings is 1. The number of hydrogen-bond donors (Lipinski definition) is 1. The van der Waals surface area contributed by atoms with Crippen LogP contribution in [-0.4, -0.2) is 64.4 Å². The summed E-state index contributed by atoms with van der Waals surface area (Å²) in [5.74, 6) is 1.42. The lowest BCUT2D eigenvalue weighted by Crippen LogP contribution is -2.49. The monoisotopic (exact) mass is 453 g/mol. The van der Waals surface area contributed by atoms with E-state index in [1.807, 2.05) is 22.4 Å². The van der Waals surface area contributed by atoms with Gasteiger partial charge in [0.15, 0.2) is 11.5 Å². The predicted octanol–water partition coefficient (Wildman–Crippen LogP) is 2.27. The molecule has 2 aliphatic heterocycles. The zero-order chi connectivity index (χ0) is 21.9. The lowest BCUT2D eigenvalue weighted by atomic mass is 10.1. The summed E-state index contributed by atoms with van der Waals surface area (Å²) in [6.07, 6.45) is 3.24. The molecule has 166 valence electrons. The van der Waals surface area contributed by atoms with E-state index in [9.17, 15) is 9.59 Å². The van der Waals surface area contributed by atoms with Crippen LogP contribution in [0.4, 0.5) is 5.69 Å². The summed E-state index contributed by atoms with van der Waals surface area (Å²) in [5, 5.41) is 10.6. The molecule has 0 spiro atoms. The van der Waals surface area contributed by atoms with Gasteiger partial charge in [0.25, 0.3) is 5.91 Å². The maximum Gasteiger partial charge on any atom is 0.256 e. The number of piperazine rings is 1. The minimum absolute atomic E-state index is 0.0199. The average Bonchev–Trinajstić information content (AvgIpc) is 3.56. The highest BCUT2D eigenvalue weighted by atomic mass is 32.1. The summed E-state index contributed by atoms with van der Waals surface area (Å²) in [4.78, 5) is 29.0. The number of aromatic nitrogens is 2. The summed E-state index contributed by atoms with van der Waals surface area (Å²) >= 11 is 1.47. The van der Waals surface area contributed by atoms with Gasteiger partial charge >= 0.3 is 0 Å². The molecule has 0 atom stereocenters. The largest absolute Gasteiger partial charge is 0.454 e. The van der Waals surface area contributed by atoms with E-state index in [4.69, 9.17) is 9.47 Å². The third-order valence-corrected chi connectivity index (χ3v) is 6.22. The fourth-order valence-corrected chi connectivity index (χ4v) is 4.44. The van der Waals surface area contributed by atoms with Crippen LogP contribution in [0.3, 0.4) is 0 Å². The molecule has 3 aromatic rings. The second-order valence-corrected chi connectivity index (χ2v) is 8.52. The number of anilines is 1. The SMILES string of the molecule is O=C(Nc1cnn(CC(=O)N2CCN(Cc3ccc4c(c3)OCO4)CC2)c1)c1ccsc1. The molecule has 1 N–H and O–H groups in total. The molecular weight excluding hydrogens is 430 g/mol. The molecule has 2 aliphatic rings. The maximum atomic E-state index is 12.7. The average molecular weight is 454 g/mol. The first-order valence-electron chi connectivity index (χ1n) is 10.4. The molecule has 2 aromatic heterocycles. The summed E-state index contributed by atoms with van der Waals surface area (Å²) in [7, 11) is 0. The Morgan fingerprint density at radius 3 is 2.75 bits per heavy atom. The van der Waals surface area contributed by atoms with Crippen molar-refractivity contribution >= 4 is 28.8 Å². The molecule has 4 heterocycles. The van der Waals surface area contributed by atoms with Crippen LogP contribution < -0.4 is 14.8 Å². The third kappa shape index (κ3) is 4.61. The van der Waals surface area contributed by atoms with E-state index in [1.54, 1.807) is 28.5 Å². The molecule has 0 radical (unpaired) electrons. The van der Waals surface area contributed by atoms with E-state index in [1.165, 1.54) is 16.9 Å². The molecular formula is C22H23N5O4S. The van der Waals surface area contributed by atoms with E-state index in [2.05, 4.69) is 21.4 Å². The number of nitrogens with one attached hydrogen (secondary N) is 1. The van der Waals surface area contributed by atoms with Crippen LogP contribution in [0.15, 0.2) is 47.4 Å². The number of carbonyl (C=O) groups excluding carboxylic acids is 2. The first-order valence-corrected chi connectivity index (χ1v) is 11.3. The van der Waals surface area contributed by atoms with Crippen molar-refractivity contribution in [3.63, 3.8) is 0 Å². The van der Waals surface area contributed by atoms with Crippen LogP contribution in [0.1, 0.15) is 15.9 Å². The highest BCUT2D eigenvalue weighted by Gasteiger charge is 2.22. The first-order chi connectivity index (χ1) is 15.6. The van der Waals surface area contributed by atoms with Gasteiger partial charge in [0.05, 0.1) is 17.4 Å². The van der Waals surface area contributed by atoms with E-state index in [0.717, 1.165) is 31.1 Å². The highest BCUT2D eigenvalue weighted by Crippen LogP contribution is 2.32.